The number of aromatic nitrogens is 3. The van der Waals surface area contributed by atoms with Crippen LogP contribution in [0, 0.1) is 5.41 Å². The van der Waals surface area contributed by atoms with Gasteiger partial charge < -0.3 is 0 Å². The van der Waals surface area contributed by atoms with E-state index in [2.05, 4.69) is 30.9 Å². The molecule has 0 unspecified atom stereocenters. The molecule has 11 heavy (non-hydrogen) atoms. The molecule has 0 atom stereocenters. The fourth-order valence-corrected chi connectivity index (χ4v) is 0.955. The fourth-order valence-electron chi connectivity index (χ4n) is 0.955. The van der Waals surface area contributed by atoms with Crippen LogP contribution >= 0.6 is 0 Å². The van der Waals surface area contributed by atoms with Crippen molar-refractivity contribution in [1.29, 1.82) is 0 Å². The predicted molar refractivity (Wildman–Crippen MR) is 44.2 cm³/mol. The van der Waals surface area contributed by atoms with Gasteiger partial charge in [-0.05, 0) is 5.41 Å². The van der Waals surface area contributed by atoms with E-state index >= 15 is 0 Å². The molecule has 0 aromatic carbocycles. The van der Waals surface area contributed by atoms with Gasteiger partial charge in [0.2, 0.25) is 0 Å². The molecule has 1 heterocycles. The number of hydrogen-bond acceptors (Lipinski definition) is 2. The maximum Gasteiger partial charge on any atom is 0.138 e. The summed E-state index contributed by atoms with van der Waals surface area (Å²) in [5.41, 5.74) is 0.292. The molecule has 0 spiro atoms. The molecule has 3 nitrogen and oxygen atoms in total. The first kappa shape index (κ1) is 8.24. The molecule has 1 aromatic heterocycles. The summed E-state index contributed by atoms with van der Waals surface area (Å²) >= 11 is 0. The summed E-state index contributed by atoms with van der Waals surface area (Å²) in [5, 5.41) is 4.01. The first-order valence-electron chi connectivity index (χ1n) is 3.82. The summed E-state index contributed by atoms with van der Waals surface area (Å²) in [6, 6.07) is 0. The minimum atomic E-state index is 0.292. The molecule has 0 bridgehead atoms. The van der Waals surface area contributed by atoms with E-state index < -0.39 is 0 Å². The van der Waals surface area contributed by atoms with E-state index in [4.69, 9.17) is 0 Å². The van der Waals surface area contributed by atoms with Crippen molar-refractivity contribution in [2.45, 2.75) is 27.2 Å². The van der Waals surface area contributed by atoms with E-state index in [1.807, 2.05) is 11.7 Å². The van der Waals surface area contributed by atoms with Crippen LogP contribution in [0.2, 0.25) is 0 Å². The van der Waals surface area contributed by atoms with E-state index in [0.717, 1.165) is 12.2 Å². The third-order valence-corrected chi connectivity index (χ3v) is 1.49. The van der Waals surface area contributed by atoms with Gasteiger partial charge >= 0.3 is 0 Å². The Morgan fingerprint density at radius 3 is 2.45 bits per heavy atom. The summed E-state index contributed by atoms with van der Waals surface area (Å²) < 4.78 is 1.82. The van der Waals surface area contributed by atoms with Crippen molar-refractivity contribution in [2.75, 3.05) is 0 Å². The van der Waals surface area contributed by atoms with Gasteiger partial charge in [0.05, 0.1) is 0 Å². The standard InChI is InChI=1S/C8H15N3/c1-8(2,3)5-7-9-6-10-11(7)4/h6H,5H2,1-4H3. The van der Waals surface area contributed by atoms with Crippen LogP contribution in [0.25, 0.3) is 0 Å². The molecule has 0 N–H and O–H groups in total. The van der Waals surface area contributed by atoms with Gasteiger partial charge in [-0.15, -0.1) is 0 Å². The fraction of sp³-hybridized carbons (Fsp3) is 0.750. The van der Waals surface area contributed by atoms with Crippen molar-refractivity contribution in [3.8, 4) is 0 Å². The highest BCUT2D eigenvalue weighted by molar-refractivity contribution is 4.88. The lowest BCUT2D eigenvalue weighted by Gasteiger charge is -2.16. The number of nitrogens with zero attached hydrogens (tertiary/aromatic N) is 3. The first-order chi connectivity index (χ1) is 4.99. The zero-order valence-corrected chi connectivity index (χ0v) is 7.63. The van der Waals surface area contributed by atoms with Crippen LogP contribution in [0.5, 0.6) is 0 Å². The molecule has 1 aromatic rings. The van der Waals surface area contributed by atoms with Crippen LogP contribution in [0.4, 0.5) is 0 Å². The van der Waals surface area contributed by atoms with E-state index in [-0.39, 0.29) is 0 Å². The number of aryl methyl sites for hydroxylation is 1. The summed E-state index contributed by atoms with van der Waals surface area (Å²) in [5.74, 6) is 1.05. The SMILES string of the molecule is Cn1ncnc1CC(C)(C)C. The van der Waals surface area contributed by atoms with Crippen LogP contribution in [0.1, 0.15) is 26.6 Å². The average Bonchev–Trinajstić information content (AvgIpc) is 2.12. The van der Waals surface area contributed by atoms with Gasteiger partial charge in [0.15, 0.2) is 0 Å². The van der Waals surface area contributed by atoms with Gasteiger partial charge in [-0.1, -0.05) is 20.8 Å². The van der Waals surface area contributed by atoms with E-state index in [0.29, 0.717) is 5.41 Å². The van der Waals surface area contributed by atoms with Gasteiger partial charge in [0.25, 0.3) is 0 Å². The first-order valence-corrected chi connectivity index (χ1v) is 3.82. The molecule has 1 rings (SSSR count). The predicted octanol–water partition coefficient (Wildman–Crippen LogP) is 1.40. The lowest BCUT2D eigenvalue weighted by Crippen LogP contribution is -2.13. The molecule has 62 valence electrons. The molecule has 3 heteroatoms. The van der Waals surface area contributed by atoms with Crippen molar-refractivity contribution >= 4 is 0 Å². The van der Waals surface area contributed by atoms with Crippen molar-refractivity contribution in [3.63, 3.8) is 0 Å². The number of rotatable bonds is 1. The molecule has 0 amide bonds. The average molecular weight is 153 g/mol. The Morgan fingerprint density at radius 2 is 2.09 bits per heavy atom. The summed E-state index contributed by atoms with van der Waals surface area (Å²) in [6.07, 6.45) is 2.57. The Balaban J connectivity index is 2.72. The van der Waals surface area contributed by atoms with Crippen LogP contribution in [0.3, 0.4) is 0 Å². The molecular formula is C8H15N3. The maximum absolute atomic E-state index is 4.15. The van der Waals surface area contributed by atoms with Gasteiger partial charge in [-0.25, -0.2) is 4.98 Å². The largest absolute Gasteiger partial charge is 0.253 e. The van der Waals surface area contributed by atoms with Crippen molar-refractivity contribution in [3.05, 3.63) is 12.2 Å². The molecule has 0 aliphatic rings. The van der Waals surface area contributed by atoms with Crippen LogP contribution in [0.15, 0.2) is 6.33 Å². The molecule has 0 saturated carbocycles. The van der Waals surface area contributed by atoms with Gasteiger partial charge in [0.1, 0.15) is 12.2 Å². The molecule has 0 aliphatic heterocycles. The third kappa shape index (κ3) is 2.33. The molecule has 0 saturated heterocycles. The van der Waals surface area contributed by atoms with Gasteiger partial charge in [-0.2, -0.15) is 5.10 Å². The van der Waals surface area contributed by atoms with Crippen LogP contribution in [-0.4, -0.2) is 14.8 Å². The van der Waals surface area contributed by atoms with Gasteiger partial charge in [0, 0.05) is 13.5 Å². The van der Waals surface area contributed by atoms with Crippen molar-refractivity contribution < 1.29 is 0 Å². The minimum absolute atomic E-state index is 0.292. The van der Waals surface area contributed by atoms with Gasteiger partial charge in [-0.3, -0.25) is 4.68 Å². The summed E-state index contributed by atoms with van der Waals surface area (Å²) in [6.45, 7) is 6.59. The topological polar surface area (TPSA) is 30.7 Å². The highest BCUT2D eigenvalue weighted by atomic mass is 15.3. The monoisotopic (exact) mass is 153 g/mol. The van der Waals surface area contributed by atoms with Crippen molar-refractivity contribution in [2.24, 2.45) is 12.5 Å². The normalized spacial score (nSPS) is 12.0. The molecule has 0 fully saturated rings. The smallest absolute Gasteiger partial charge is 0.138 e. The second-order valence-electron chi connectivity index (χ2n) is 4.04. The Morgan fingerprint density at radius 1 is 1.45 bits per heavy atom. The Labute approximate surface area is 67.4 Å². The molecule has 0 aliphatic carbocycles. The Bertz CT molecular complexity index is 232. The third-order valence-electron chi connectivity index (χ3n) is 1.49. The van der Waals surface area contributed by atoms with Crippen LogP contribution < -0.4 is 0 Å². The quantitative estimate of drug-likeness (QED) is 0.610. The van der Waals surface area contributed by atoms with E-state index in [1.54, 1.807) is 6.33 Å². The van der Waals surface area contributed by atoms with E-state index in [1.165, 1.54) is 0 Å². The lowest BCUT2D eigenvalue weighted by atomic mass is 9.92. The van der Waals surface area contributed by atoms with Crippen molar-refractivity contribution in [1.82, 2.24) is 14.8 Å². The summed E-state index contributed by atoms with van der Waals surface area (Å²) in [7, 11) is 1.92. The van der Waals surface area contributed by atoms with E-state index in [9.17, 15) is 0 Å². The Kier molecular flexibility index (Phi) is 1.98. The lowest BCUT2D eigenvalue weighted by molar-refractivity contribution is 0.392. The second-order valence-corrected chi connectivity index (χ2v) is 4.04. The second kappa shape index (κ2) is 2.64. The zero-order valence-electron chi connectivity index (χ0n) is 7.63. The van der Waals surface area contributed by atoms with Crippen LogP contribution in [-0.2, 0) is 13.5 Å². The zero-order chi connectivity index (χ0) is 8.48. The molecule has 0 radical (unpaired) electrons. The number of hydrogen-bond donors (Lipinski definition) is 0. The summed E-state index contributed by atoms with van der Waals surface area (Å²) in [4.78, 5) is 4.15. The highest BCUT2D eigenvalue weighted by Gasteiger charge is 2.14. The molecular weight excluding hydrogens is 138 g/mol. The minimum Gasteiger partial charge on any atom is -0.253 e. The highest BCUT2D eigenvalue weighted by Crippen LogP contribution is 2.18. The Hall–Kier alpha value is -0.860. The maximum atomic E-state index is 4.15.